The van der Waals surface area contributed by atoms with Crippen LogP contribution in [0.4, 0.5) is 10.7 Å². The van der Waals surface area contributed by atoms with Crippen molar-refractivity contribution < 1.29 is 19.5 Å². The molecule has 0 aliphatic rings. The maximum absolute atomic E-state index is 12.5. The summed E-state index contributed by atoms with van der Waals surface area (Å²) in [6, 6.07) is 5.87. The number of hydrogen-bond acceptors (Lipinski definition) is 4. The van der Waals surface area contributed by atoms with Gasteiger partial charge in [0, 0.05) is 17.5 Å². The fourth-order valence-corrected chi connectivity index (χ4v) is 3.14. The van der Waals surface area contributed by atoms with Crippen LogP contribution in [0.1, 0.15) is 38.1 Å². The standard InChI is InChI=1S/C16H16N2O4S/c1-8-9(2)23-15(17-10(3)19)13(8)14(20)18-12-6-4-11(5-7-12)16(21)22/h4-7H,1-3H3,(H,17,19)(H,18,20)(H,21,22). The van der Waals surface area contributed by atoms with Crippen molar-refractivity contribution in [3.8, 4) is 0 Å². The summed E-state index contributed by atoms with van der Waals surface area (Å²) in [5.74, 6) is -1.62. The van der Waals surface area contributed by atoms with Gasteiger partial charge in [-0.2, -0.15) is 0 Å². The SMILES string of the molecule is CC(=O)Nc1sc(C)c(C)c1C(=O)Nc1ccc(C(=O)O)cc1. The monoisotopic (exact) mass is 332 g/mol. The van der Waals surface area contributed by atoms with Gasteiger partial charge in [-0.15, -0.1) is 11.3 Å². The van der Waals surface area contributed by atoms with Crippen LogP contribution in [0, 0.1) is 13.8 Å². The Morgan fingerprint density at radius 3 is 2.17 bits per heavy atom. The number of carbonyl (C=O) groups excluding carboxylic acids is 2. The summed E-state index contributed by atoms with van der Waals surface area (Å²) in [6.07, 6.45) is 0. The molecule has 0 saturated carbocycles. The summed E-state index contributed by atoms with van der Waals surface area (Å²) in [5, 5.41) is 14.8. The minimum absolute atomic E-state index is 0.143. The zero-order valence-corrected chi connectivity index (χ0v) is 13.7. The number of carboxylic acids is 1. The molecule has 2 amide bonds. The van der Waals surface area contributed by atoms with Gasteiger partial charge in [-0.1, -0.05) is 0 Å². The summed E-state index contributed by atoms with van der Waals surface area (Å²) in [6.45, 7) is 5.08. The Bertz CT molecular complexity index is 778. The Balaban J connectivity index is 2.26. The molecule has 23 heavy (non-hydrogen) atoms. The third-order valence-corrected chi connectivity index (χ3v) is 4.41. The van der Waals surface area contributed by atoms with Crippen molar-refractivity contribution in [2.45, 2.75) is 20.8 Å². The predicted octanol–water partition coefficient (Wildman–Crippen LogP) is 3.27. The Morgan fingerprint density at radius 1 is 1.04 bits per heavy atom. The van der Waals surface area contributed by atoms with Gasteiger partial charge in [0.25, 0.3) is 5.91 Å². The highest BCUT2D eigenvalue weighted by Crippen LogP contribution is 2.33. The van der Waals surface area contributed by atoms with Gasteiger partial charge < -0.3 is 15.7 Å². The fraction of sp³-hybridized carbons (Fsp3) is 0.188. The molecule has 0 radical (unpaired) electrons. The summed E-state index contributed by atoms with van der Waals surface area (Å²) >= 11 is 1.34. The van der Waals surface area contributed by atoms with Crippen LogP contribution < -0.4 is 10.6 Å². The van der Waals surface area contributed by atoms with E-state index in [1.165, 1.54) is 42.5 Å². The Labute approximate surface area is 137 Å². The van der Waals surface area contributed by atoms with Gasteiger partial charge in [-0.25, -0.2) is 4.79 Å². The molecule has 6 nitrogen and oxygen atoms in total. The molecule has 1 aromatic heterocycles. The molecule has 1 aromatic carbocycles. The fourth-order valence-electron chi connectivity index (χ4n) is 2.04. The van der Waals surface area contributed by atoms with Crippen LogP contribution >= 0.6 is 11.3 Å². The minimum Gasteiger partial charge on any atom is -0.478 e. The van der Waals surface area contributed by atoms with Crippen LogP contribution in [0.15, 0.2) is 24.3 Å². The number of rotatable bonds is 4. The van der Waals surface area contributed by atoms with Crippen LogP contribution in [-0.2, 0) is 4.79 Å². The highest BCUT2D eigenvalue weighted by Gasteiger charge is 2.20. The van der Waals surface area contributed by atoms with E-state index < -0.39 is 5.97 Å². The van der Waals surface area contributed by atoms with Crippen molar-refractivity contribution in [1.82, 2.24) is 0 Å². The molecule has 0 fully saturated rings. The van der Waals surface area contributed by atoms with Crippen molar-refractivity contribution in [1.29, 1.82) is 0 Å². The van der Waals surface area contributed by atoms with Crippen molar-refractivity contribution >= 4 is 39.8 Å². The van der Waals surface area contributed by atoms with E-state index in [1.54, 1.807) is 0 Å². The smallest absolute Gasteiger partial charge is 0.335 e. The molecular weight excluding hydrogens is 316 g/mol. The number of carboxylic acid groups (broad SMARTS) is 1. The van der Waals surface area contributed by atoms with E-state index in [0.29, 0.717) is 16.3 Å². The van der Waals surface area contributed by atoms with Crippen LogP contribution in [-0.4, -0.2) is 22.9 Å². The topological polar surface area (TPSA) is 95.5 Å². The molecule has 0 aliphatic heterocycles. The summed E-state index contributed by atoms with van der Waals surface area (Å²) in [5.41, 5.74) is 1.85. The van der Waals surface area contributed by atoms with E-state index in [0.717, 1.165) is 10.4 Å². The number of amides is 2. The molecule has 0 aliphatic carbocycles. The number of thiophene rings is 1. The van der Waals surface area contributed by atoms with Gasteiger partial charge in [-0.05, 0) is 43.7 Å². The second-order valence-corrected chi connectivity index (χ2v) is 6.23. The molecule has 2 rings (SSSR count). The van der Waals surface area contributed by atoms with E-state index >= 15 is 0 Å². The average Bonchev–Trinajstić information content (AvgIpc) is 2.73. The van der Waals surface area contributed by atoms with Crippen molar-refractivity contribution in [2.75, 3.05) is 10.6 Å². The van der Waals surface area contributed by atoms with Crippen molar-refractivity contribution in [2.24, 2.45) is 0 Å². The summed E-state index contributed by atoms with van der Waals surface area (Å²) < 4.78 is 0. The molecule has 1 heterocycles. The molecule has 0 atom stereocenters. The Morgan fingerprint density at radius 2 is 1.65 bits per heavy atom. The highest BCUT2D eigenvalue weighted by atomic mass is 32.1. The maximum Gasteiger partial charge on any atom is 0.335 e. The average molecular weight is 332 g/mol. The lowest BCUT2D eigenvalue weighted by Crippen LogP contribution is -2.16. The van der Waals surface area contributed by atoms with Gasteiger partial charge in [0.15, 0.2) is 0 Å². The normalized spacial score (nSPS) is 10.2. The van der Waals surface area contributed by atoms with E-state index in [1.807, 2.05) is 13.8 Å². The zero-order valence-electron chi connectivity index (χ0n) is 12.9. The minimum atomic E-state index is -1.03. The van der Waals surface area contributed by atoms with Gasteiger partial charge >= 0.3 is 5.97 Å². The number of aromatic carboxylic acids is 1. The number of hydrogen-bond donors (Lipinski definition) is 3. The summed E-state index contributed by atoms with van der Waals surface area (Å²) in [7, 11) is 0. The molecule has 0 bridgehead atoms. The van der Waals surface area contributed by atoms with E-state index in [9.17, 15) is 14.4 Å². The zero-order chi connectivity index (χ0) is 17.1. The van der Waals surface area contributed by atoms with E-state index in [-0.39, 0.29) is 17.4 Å². The third kappa shape index (κ3) is 3.75. The lowest BCUT2D eigenvalue weighted by Gasteiger charge is -2.08. The largest absolute Gasteiger partial charge is 0.478 e. The Kier molecular flexibility index (Phi) is 4.80. The van der Waals surface area contributed by atoms with E-state index in [4.69, 9.17) is 5.11 Å². The molecule has 7 heteroatoms. The molecule has 3 N–H and O–H groups in total. The van der Waals surface area contributed by atoms with Crippen molar-refractivity contribution in [3.63, 3.8) is 0 Å². The second-order valence-electron chi connectivity index (χ2n) is 5.01. The molecule has 0 unspecified atom stereocenters. The number of carbonyl (C=O) groups is 3. The van der Waals surface area contributed by atoms with Gasteiger partial charge in [0.05, 0.1) is 11.1 Å². The van der Waals surface area contributed by atoms with Crippen LogP contribution in [0.2, 0.25) is 0 Å². The van der Waals surface area contributed by atoms with Crippen LogP contribution in [0.25, 0.3) is 0 Å². The second kappa shape index (κ2) is 6.62. The van der Waals surface area contributed by atoms with Crippen molar-refractivity contribution in [3.05, 3.63) is 45.8 Å². The predicted molar refractivity (Wildman–Crippen MR) is 89.5 cm³/mol. The number of benzene rings is 1. The van der Waals surface area contributed by atoms with Crippen LogP contribution in [0.3, 0.4) is 0 Å². The maximum atomic E-state index is 12.5. The number of nitrogens with one attached hydrogen (secondary N) is 2. The molecule has 2 aromatic rings. The van der Waals surface area contributed by atoms with Crippen LogP contribution in [0.5, 0.6) is 0 Å². The quantitative estimate of drug-likeness (QED) is 0.800. The first-order valence-electron chi connectivity index (χ1n) is 6.82. The lowest BCUT2D eigenvalue weighted by atomic mass is 10.1. The number of anilines is 2. The van der Waals surface area contributed by atoms with Gasteiger partial charge in [0.1, 0.15) is 5.00 Å². The lowest BCUT2D eigenvalue weighted by molar-refractivity contribution is -0.114. The highest BCUT2D eigenvalue weighted by molar-refractivity contribution is 7.16. The van der Waals surface area contributed by atoms with E-state index in [2.05, 4.69) is 10.6 Å². The number of aryl methyl sites for hydroxylation is 1. The van der Waals surface area contributed by atoms with Gasteiger partial charge in [0.2, 0.25) is 5.91 Å². The first-order valence-corrected chi connectivity index (χ1v) is 7.63. The van der Waals surface area contributed by atoms with Gasteiger partial charge in [-0.3, -0.25) is 9.59 Å². The third-order valence-electron chi connectivity index (χ3n) is 3.29. The first kappa shape index (κ1) is 16.7. The molecular formula is C16H16N2O4S. The molecule has 0 saturated heterocycles. The molecule has 120 valence electrons. The Hall–Kier alpha value is -2.67. The molecule has 0 spiro atoms. The first-order chi connectivity index (χ1) is 10.8. The summed E-state index contributed by atoms with van der Waals surface area (Å²) in [4.78, 5) is 35.5.